The van der Waals surface area contributed by atoms with Crippen molar-refractivity contribution in [3.63, 3.8) is 0 Å². The van der Waals surface area contributed by atoms with Crippen LogP contribution in [0.1, 0.15) is 32.6 Å². The summed E-state index contributed by atoms with van der Waals surface area (Å²) < 4.78 is 77.0. The van der Waals surface area contributed by atoms with Crippen molar-refractivity contribution in [3.05, 3.63) is 81.9 Å². The van der Waals surface area contributed by atoms with E-state index in [1.54, 1.807) is 12.1 Å². The molecular formula is C30H30Cl2N3O7S2-. The minimum absolute atomic E-state index is 0.0821. The van der Waals surface area contributed by atoms with Crippen molar-refractivity contribution in [1.29, 1.82) is 0 Å². The second-order valence-corrected chi connectivity index (χ2v) is 14.9. The average molecular weight is 680 g/mol. The van der Waals surface area contributed by atoms with E-state index >= 15 is 0 Å². The van der Waals surface area contributed by atoms with E-state index in [-0.39, 0.29) is 25.9 Å². The maximum absolute atomic E-state index is 11.6. The summed E-state index contributed by atoms with van der Waals surface area (Å²) in [7, 11) is -7.03. The standard InChI is InChI=1S/C30H31Cl2N3O7S2/c1-19(15-28-33(3)25-17-23(31)24(32)18-26(25)34(28)13-11-20(2)44(39,40)41)16-29-35(12-6-14-43(36,37)38)30-22-8-5-4-7-21(22)9-10-27(30)42-29/h4-5,7-10,15-18,20H,6,11-14H2,1-3H3,(H-,36,37,38,39,40,41)/p-1. The Bertz CT molecular complexity index is 2040. The highest BCUT2D eigenvalue weighted by atomic mass is 35.5. The molecule has 0 fully saturated rings. The lowest BCUT2D eigenvalue weighted by Crippen LogP contribution is -2.36. The van der Waals surface area contributed by atoms with E-state index in [2.05, 4.69) is 0 Å². The molecule has 44 heavy (non-hydrogen) atoms. The van der Waals surface area contributed by atoms with Gasteiger partial charge in [0.15, 0.2) is 6.54 Å². The maximum Gasteiger partial charge on any atom is 0.374 e. The predicted molar refractivity (Wildman–Crippen MR) is 171 cm³/mol. The Labute approximate surface area is 266 Å². The third kappa shape index (κ3) is 6.75. The van der Waals surface area contributed by atoms with Crippen LogP contribution in [-0.4, -0.2) is 50.5 Å². The molecular weight excluding hydrogens is 649 g/mol. The second kappa shape index (κ2) is 12.3. The maximum atomic E-state index is 11.6. The molecule has 0 saturated heterocycles. The van der Waals surface area contributed by atoms with E-state index in [9.17, 15) is 25.9 Å². The molecule has 0 spiro atoms. The summed E-state index contributed by atoms with van der Waals surface area (Å²) in [4.78, 5) is 3.78. The van der Waals surface area contributed by atoms with Crippen LogP contribution in [0.25, 0.3) is 27.9 Å². The fraction of sp³-hybridized carbons (Fsp3) is 0.300. The Kier molecular flexibility index (Phi) is 9.05. The number of hydrogen-bond acceptors (Lipinski definition) is 9. The summed E-state index contributed by atoms with van der Waals surface area (Å²) >= 11 is 12.7. The molecule has 0 N–H and O–H groups in total. The van der Waals surface area contributed by atoms with Gasteiger partial charge >= 0.3 is 5.89 Å². The summed E-state index contributed by atoms with van der Waals surface area (Å²) in [6, 6.07) is 15.0. The van der Waals surface area contributed by atoms with E-state index in [0.29, 0.717) is 33.0 Å². The normalized spacial score (nSPS) is 16.0. The first-order valence-electron chi connectivity index (χ1n) is 13.8. The zero-order chi connectivity index (χ0) is 32.0. The quantitative estimate of drug-likeness (QED) is 0.154. The number of oxazole rings is 1. The van der Waals surface area contributed by atoms with Gasteiger partial charge < -0.3 is 23.3 Å². The van der Waals surface area contributed by atoms with Crippen molar-refractivity contribution in [3.8, 4) is 0 Å². The smallest absolute Gasteiger partial charge is 0.374 e. The van der Waals surface area contributed by atoms with Gasteiger partial charge in [0.05, 0.1) is 53.1 Å². The van der Waals surface area contributed by atoms with Crippen molar-refractivity contribution in [2.75, 3.05) is 29.1 Å². The summed E-state index contributed by atoms with van der Waals surface area (Å²) in [6.45, 7) is 3.70. The summed E-state index contributed by atoms with van der Waals surface area (Å²) in [5.41, 5.74) is 3.59. The van der Waals surface area contributed by atoms with Crippen LogP contribution in [-0.2, 0) is 26.8 Å². The number of nitrogens with zero attached hydrogens (tertiary/aromatic N) is 3. The van der Waals surface area contributed by atoms with Crippen LogP contribution in [0.15, 0.2) is 70.4 Å². The zero-order valence-electron chi connectivity index (χ0n) is 24.2. The molecule has 234 valence electrons. The molecule has 1 aliphatic rings. The number of aryl methyl sites for hydroxylation is 1. The molecule has 1 aliphatic heterocycles. The fourth-order valence-corrected chi connectivity index (χ4v) is 6.54. The highest BCUT2D eigenvalue weighted by molar-refractivity contribution is 7.86. The molecule has 0 amide bonds. The monoisotopic (exact) mass is 678 g/mol. The lowest BCUT2D eigenvalue weighted by molar-refractivity contribution is -0.677. The topological polar surface area (TPSA) is 138 Å². The molecule has 1 aromatic heterocycles. The molecule has 0 bridgehead atoms. The number of benzene rings is 3. The van der Waals surface area contributed by atoms with Crippen molar-refractivity contribution in [2.45, 2.75) is 38.5 Å². The van der Waals surface area contributed by atoms with Crippen LogP contribution < -0.4 is 14.4 Å². The van der Waals surface area contributed by atoms with E-state index in [0.717, 1.165) is 27.5 Å². The Morgan fingerprint density at radius 2 is 1.73 bits per heavy atom. The molecule has 10 nitrogen and oxygen atoms in total. The molecule has 2 heterocycles. The van der Waals surface area contributed by atoms with Gasteiger partial charge in [-0.15, -0.1) is 0 Å². The number of fused-ring (bicyclic) bond motifs is 4. The van der Waals surface area contributed by atoms with E-state index in [1.807, 2.05) is 76.9 Å². The van der Waals surface area contributed by atoms with Crippen LogP contribution in [0.2, 0.25) is 10.0 Å². The van der Waals surface area contributed by atoms with Gasteiger partial charge in [-0.3, -0.25) is 0 Å². The number of hydrogen-bond donors (Lipinski definition) is 0. The first-order valence-corrected chi connectivity index (χ1v) is 17.6. The van der Waals surface area contributed by atoms with Gasteiger partial charge in [-0.25, -0.2) is 16.8 Å². The van der Waals surface area contributed by atoms with Crippen LogP contribution in [0.4, 0.5) is 11.4 Å². The van der Waals surface area contributed by atoms with Gasteiger partial charge in [0.25, 0.3) is 5.52 Å². The molecule has 0 saturated carbocycles. The lowest BCUT2D eigenvalue weighted by Gasteiger charge is -2.25. The molecule has 0 radical (unpaired) electrons. The molecule has 4 aromatic rings. The summed E-state index contributed by atoms with van der Waals surface area (Å²) in [5.74, 6) is 0.633. The predicted octanol–water partition coefficient (Wildman–Crippen LogP) is 5.64. The number of rotatable bonds is 10. The van der Waals surface area contributed by atoms with Crippen molar-refractivity contribution < 1.29 is 34.9 Å². The number of allylic oxidation sites excluding steroid dienone is 2. The highest BCUT2D eigenvalue weighted by Crippen LogP contribution is 2.45. The minimum atomic E-state index is -4.47. The Balaban J connectivity index is 1.58. The fourth-order valence-electron chi connectivity index (χ4n) is 5.35. The van der Waals surface area contributed by atoms with Crippen LogP contribution in [0.5, 0.6) is 0 Å². The van der Waals surface area contributed by atoms with Crippen molar-refractivity contribution >= 4 is 82.8 Å². The van der Waals surface area contributed by atoms with Gasteiger partial charge in [-0.2, -0.15) is 4.57 Å². The first kappa shape index (κ1) is 32.3. The largest absolute Gasteiger partial charge is 0.748 e. The second-order valence-electron chi connectivity index (χ2n) is 10.8. The Morgan fingerprint density at radius 3 is 2.41 bits per heavy atom. The van der Waals surface area contributed by atoms with Gasteiger partial charge in [-0.1, -0.05) is 47.5 Å². The third-order valence-corrected chi connectivity index (χ3v) is 10.4. The average Bonchev–Trinajstić information content (AvgIpc) is 3.40. The molecule has 1 unspecified atom stereocenters. The summed E-state index contributed by atoms with van der Waals surface area (Å²) in [6.07, 6.45) is 3.88. The van der Waals surface area contributed by atoms with Crippen molar-refractivity contribution in [2.24, 2.45) is 0 Å². The molecule has 5 rings (SSSR count). The molecule has 14 heteroatoms. The van der Waals surface area contributed by atoms with Crippen LogP contribution in [0, 0.1) is 0 Å². The molecule has 1 atom stereocenters. The molecule has 3 aromatic carbocycles. The van der Waals surface area contributed by atoms with Crippen LogP contribution >= 0.6 is 23.2 Å². The number of aromatic nitrogens is 1. The highest BCUT2D eigenvalue weighted by Gasteiger charge is 2.31. The van der Waals surface area contributed by atoms with Crippen molar-refractivity contribution in [1.82, 2.24) is 0 Å². The van der Waals surface area contributed by atoms with E-state index in [4.69, 9.17) is 27.6 Å². The van der Waals surface area contributed by atoms with Gasteiger partial charge in [-0.05, 0) is 61.6 Å². The van der Waals surface area contributed by atoms with E-state index < -0.39 is 31.2 Å². The van der Waals surface area contributed by atoms with Gasteiger partial charge in [0.2, 0.25) is 5.58 Å². The number of halogens is 2. The van der Waals surface area contributed by atoms with Crippen LogP contribution in [0.3, 0.4) is 0 Å². The third-order valence-electron chi connectivity index (χ3n) is 7.64. The van der Waals surface area contributed by atoms with Gasteiger partial charge in [0.1, 0.15) is 5.82 Å². The zero-order valence-corrected chi connectivity index (χ0v) is 27.3. The molecule has 0 aliphatic carbocycles. The van der Waals surface area contributed by atoms with E-state index in [1.165, 1.54) is 6.92 Å². The lowest BCUT2D eigenvalue weighted by atomic mass is 10.1. The SMILES string of the molecule is CC(=Cc1oc2ccc3ccccc3c2[n+]1CCCS(=O)(=O)[O-])C=C1N(C)c2cc(Cl)c(Cl)cc2N1CCC(C)S(=O)(=O)[O-]. The summed E-state index contributed by atoms with van der Waals surface area (Å²) in [5, 5.41) is 1.49. The Hall–Kier alpha value is -3.13. The first-order chi connectivity index (χ1) is 20.6. The van der Waals surface area contributed by atoms with Gasteiger partial charge in [0, 0.05) is 31.0 Å². The number of anilines is 2. The Morgan fingerprint density at radius 1 is 1.05 bits per heavy atom. The minimum Gasteiger partial charge on any atom is -0.748 e.